The summed E-state index contributed by atoms with van der Waals surface area (Å²) in [5, 5.41) is 2.94. The van der Waals surface area contributed by atoms with E-state index >= 15 is 0 Å². The Morgan fingerprint density at radius 2 is 1.64 bits per heavy atom. The number of nitrogens with one attached hydrogen (secondary N) is 1. The number of amides is 1. The van der Waals surface area contributed by atoms with Crippen LogP contribution in [0.15, 0.2) is 42.5 Å². The Balaban J connectivity index is 2.04. The zero-order valence-electron chi connectivity index (χ0n) is 17.3. The van der Waals surface area contributed by atoms with Gasteiger partial charge < -0.3 is 5.32 Å². The maximum absolute atomic E-state index is 12.5. The van der Waals surface area contributed by atoms with Gasteiger partial charge in [-0.25, -0.2) is 8.42 Å². The Bertz CT molecular complexity index is 924. The van der Waals surface area contributed by atoms with Crippen molar-refractivity contribution in [3.05, 3.63) is 70.3 Å². The molecule has 28 heavy (non-hydrogen) atoms. The van der Waals surface area contributed by atoms with Crippen molar-refractivity contribution in [2.24, 2.45) is 0 Å². The van der Waals surface area contributed by atoms with Gasteiger partial charge in [-0.1, -0.05) is 42.5 Å². The second kappa shape index (κ2) is 9.34. The predicted molar refractivity (Wildman–Crippen MR) is 114 cm³/mol. The summed E-state index contributed by atoms with van der Waals surface area (Å²) in [6.45, 7) is 8.14. The second-order valence-electron chi connectivity index (χ2n) is 7.41. The summed E-state index contributed by atoms with van der Waals surface area (Å²) < 4.78 is 25.5. The minimum atomic E-state index is -3.48. The standard InChI is InChI=1S/C22H30N2O3S/c1-16-13-18(3)21(14-17(16)2)19(4)23-22(25)15-24(28(5,26)27)12-11-20-9-7-6-8-10-20/h6-10,13-14,19H,11-12,15H2,1-5H3,(H,23,25)/t19-/m1/s1. The van der Waals surface area contributed by atoms with Crippen molar-refractivity contribution >= 4 is 15.9 Å². The van der Waals surface area contributed by atoms with Crippen LogP contribution in [0, 0.1) is 20.8 Å². The number of sulfonamides is 1. The Labute approximate surface area is 168 Å². The van der Waals surface area contributed by atoms with E-state index in [1.54, 1.807) is 0 Å². The smallest absolute Gasteiger partial charge is 0.235 e. The summed E-state index contributed by atoms with van der Waals surface area (Å²) in [6.07, 6.45) is 1.70. The first kappa shape index (κ1) is 22.1. The van der Waals surface area contributed by atoms with Crippen LogP contribution in [0.1, 0.15) is 40.8 Å². The van der Waals surface area contributed by atoms with Crippen LogP contribution >= 0.6 is 0 Å². The van der Waals surface area contributed by atoms with Crippen molar-refractivity contribution < 1.29 is 13.2 Å². The van der Waals surface area contributed by atoms with E-state index in [1.807, 2.05) is 51.1 Å². The Kier molecular flexibility index (Phi) is 7.38. The molecule has 0 radical (unpaired) electrons. The molecular weight excluding hydrogens is 372 g/mol. The first-order chi connectivity index (χ1) is 13.1. The topological polar surface area (TPSA) is 66.5 Å². The lowest BCUT2D eigenvalue weighted by atomic mass is 9.96. The van der Waals surface area contributed by atoms with Crippen LogP contribution in [0.5, 0.6) is 0 Å². The van der Waals surface area contributed by atoms with Gasteiger partial charge in [0.1, 0.15) is 0 Å². The SMILES string of the molecule is Cc1cc(C)c([C@@H](C)NC(=O)CN(CCc2ccccc2)S(C)(=O)=O)cc1C. The molecule has 152 valence electrons. The van der Waals surface area contributed by atoms with E-state index in [0.29, 0.717) is 6.42 Å². The lowest BCUT2D eigenvalue weighted by Crippen LogP contribution is -2.42. The molecule has 0 saturated heterocycles. The number of nitrogens with zero attached hydrogens (tertiary/aromatic N) is 1. The zero-order chi connectivity index (χ0) is 20.9. The summed E-state index contributed by atoms with van der Waals surface area (Å²) in [4.78, 5) is 12.5. The van der Waals surface area contributed by atoms with Gasteiger partial charge in [-0.2, -0.15) is 4.31 Å². The molecule has 0 aromatic heterocycles. The molecule has 0 aliphatic rings. The quantitative estimate of drug-likeness (QED) is 0.737. The fraction of sp³-hybridized carbons (Fsp3) is 0.409. The van der Waals surface area contributed by atoms with Gasteiger partial charge in [0.2, 0.25) is 15.9 Å². The molecule has 0 aliphatic heterocycles. The van der Waals surface area contributed by atoms with E-state index in [-0.39, 0.29) is 25.0 Å². The number of rotatable bonds is 8. The molecule has 1 atom stereocenters. The number of carbonyl (C=O) groups excluding carboxylic acids is 1. The average Bonchev–Trinajstić information content (AvgIpc) is 2.61. The van der Waals surface area contributed by atoms with Gasteiger partial charge in [0.25, 0.3) is 0 Å². The van der Waals surface area contributed by atoms with E-state index in [4.69, 9.17) is 0 Å². The highest BCUT2D eigenvalue weighted by atomic mass is 32.2. The van der Waals surface area contributed by atoms with E-state index in [0.717, 1.165) is 22.9 Å². The summed E-state index contributed by atoms with van der Waals surface area (Å²) in [6, 6.07) is 13.6. The molecule has 0 aliphatic carbocycles. The van der Waals surface area contributed by atoms with Gasteiger partial charge in [-0.3, -0.25) is 4.79 Å². The molecular formula is C22H30N2O3S. The first-order valence-electron chi connectivity index (χ1n) is 9.44. The average molecular weight is 403 g/mol. The summed E-state index contributed by atoms with van der Waals surface area (Å²) in [7, 11) is -3.48. The number of benzene rings is 2. The van der Waals surface area contributed by atoms with Gasteiger partial charge in [0.15, 0.2) is 0 Å². The molecule has 1 amide bonds. The van der Waals surface area contributed by atoms with Gasteiger partial charge in [-0.05, 0) is 61.9 Å². The lowest BCUT2D eigenvalue weighted by Gasteiger charge is -2.22. The van der Waals surface area contributed by atoms with Crippen LogP contribution in [-0.4, -0.2) is 38.0 Å². The maximum Gasteiger partial charge on any atom is 0.235 e. The van der Waals surface area contributed by atoms with Crippen LogP contribution < -0.4 is 5.32 Å². The molecule has 0 spiro atoms. The maximum atomic E-state index is 12.5. The molecule has 5 nitrogen and oxygen atoms in total. The number of carbonyl (C=O) groups is 1. The van der Waals surface area contributed by atoms with Crippen molar-refractivity contribution in [2.45, 2.75) is 40.2 Å². The highest BCUT2D eigenvalue weighted by molar-refractivity contribution is 7.88. The summed E-state index contributed by atoms with van der Waals surface area (Å²) in [5.41, 5.74) is 5.58. The highest BCUT2D eigenvalue weighted by Crippen LogP contribution is 2.21. The molecule has 1 N–H and O–H groups in total. The fourth-order valence-corrected chi connectivity index (χ4v) is 4.01. The predicted octanol–water partition coefficient (Wildman–Crippen LogP) is 3.29. The van der Waals surface area contributed by atoms with Crippen LogP contribution in [0.4, 0.5) is 0 Å². The van der Waals surface area contributed by atoms with Crippen LogP contribution in [0.25, 0.3) is 0 Å². The highest BCUT2D eigenvalue weighted by Gasteiger charge is 2.21. The van der Waals surface area contributed by atoms with E-state index in [2.05, 4.69) is 24.4 Å². The van der Waals surface area contributed by atoms with Crippen LogP contribution in [0.2, 0.25) is 0 Å². The number of aryl methyl sites for hydroxylation is 3. The summed E-state index contributed by atoms with van der Waals surface area (Å²) in [5.74, 6) is -0.302. The van der Waals surface area contributed by atoms with Crippen molar-refractivity contribution in [1.29, 1.82) is 0 Å². The third kappa shape index (κ3) is 6.17. The first-order valence-corrected chi connectivity index (χ1v) is 11.3. The third-order valence-electron chi connectivity index (χ3n) is 5.01. The van der Waals surface area contributed by atoms with Crippen LogP contribution in [0.3, 0.4) is 0 Å². The Morgan fingerprint density at radius 3 is 2.25 bits per heavy atom. The van der Waals surface area contributed by atoms with Crippen molar-refractivity contribution in [3.63, 3.8) is 0 Å². The molecule has 0 unspecified atom stereocenters. The molecule has 2 aromatic rings. The second-order valence-corrected chi connectivity index (χ2v) is 9.40. The Hall–Kier alpha value is -2.18. The third-order valence-corrected chi connectivity index (χ3v) is 6.26. The van der Waals surface area contributed by atoms with Gasteiger partial charge in [-0.15, -0.1) is 0 Å². The zero-order valence-corrected chi connectivity index (χ0v) is 18.1. The van der Waals surface area contributed by atoms with E-state index < -0.39 is 10.0 Å². The number of hydrogen-bond acceptors (Lipinski definition) is 3. The normalized spacial score (nSPS) is 12.8. The van der Waals surface area contributed by atoms with Crippen LogP contribution in [-0.2, 0) is 21.2 Å². The molecule has 0 saturated carbocycles. The minimum Gasteiger partial charge on any atom is -0.348 e. The number of hydrogen-bond donors (Lipinski definition) is 1. The van der Waals surface area contributed by atoms with E-state index in [9.17, 15) is 13.2 Å². The molecule has 0 heterocycles. The molecule has 2 aromatic carbocycles. The van der Waals surface area contributed by atoms with Gasteiger partial charge in [0.05, 0.1) is 18.8 Å². The largest absolute Gasteiger partial charge is 0.348 e. The van der Waals surface area contributed by atoms with E-state index in [1.165, 1.54) is 15.4 Å². The van der Waals surface area contributed by atoms with Gasteiger partial charge >= 0.3 is 0 Å². The Morgan fingerprint density at radius 1 is 1.04 bits per heavy atom. The van der Waals surface area contributed by atoms with Crippen molar-refractivity contribution in [1.82, 2.24) is 9.62 Å². The van der Waals surface area contributed by atoms with Crippen molar-refractivity contribution in [3.8, 4) is 0 Å². The van der Waals surface area contributed by atoms with Crippen molar-refractivity contribution in [2.75, 3.05) is 19.3 Å². The molecule has 2 rings (SSSR count). The van der Waals surface area contributed by atoms with Gasteiger partial charge in [0, 0.05) is 6.54 Å². The summed E-state index contributed by atoms with van der Waals surface area (Å²) >= 11 is 0. The minimum absolute atomic E-state index is 0.181. The monoisotopic (exact) mass is 402 g/mol. The lowest BCUT2D eigenvalue weighted by molar-refractivity contribution is -0.121. The molecule has 6 heteroatoms. The molecule has 0 bridgehead atoms. The molecule has 0 fully saturated rings. The fourth-order valence-electron chi connectivity index (χ4n) is 3.24.